The van der Waals surface area contributed by atoms with Gasteiger partial charge in [0.25, 0.3) is 15.9 Å². The molecule has 2 aromatic carbocycles. The first-order chi connectivity index (χ1) is 19.5. The lowest BCUT2D eigenvalue weighted by molar-refractivity contribution is -0.149. The van der Waals surface area contributed by atoms with Gasteiger partial charge in [-0.1, -0.05) is 28.1 Å². The predicted molar refractivity (Wildman–Crippen MR) is 158 cm³/mol. The maximum Gasteiger partial charge on any atom is 0.298 e. The summed E-state index contributed by atoms with van der Waals surface area (Å²) in [6.45, 7) is 0. The number of benzene rings is 2. The molecule has 3 unspecified atom stereocenters. The number of alkyl halides is 2. The van der Waals surface area contributed by atoms with Crippen LogP contribution in [0, 0.1) is 0 Å². The molecule has 3 atom stereocenters. The van der Waals surface area contributed by atoms with Crippen molar-refractivity contribution < 1.29 is 26.7 Å². The molecule has 1 aliphatic carbocycles. The fraction of sp³-hybridized carbons (Fsp3) is 0.483. The summed E-state index contributed by atoms with van der Waals surface area (Å²) in [5.74, 6) is -4.09. The summed E-state index contributed by atoms with van der Waals surface area (Å²) < 4.78 is 69.0. The van der Waals surface area contributed by atoms with Crippen LogP contribution in [0.15, 0.2) is 57.2 Å². The zero-order valence-corrected chi connectivity index (χ0v) is 25.5. The van der Waals surface area contributed by atoms with Gasteiger partial charge in [-0.3, -0.25) is 4.79 Å². The third kappa shape index (κ3) is 5.78. The van der Waals surface area contributed by atoms with Crippen molar-refractivity contribution in [1.29, 1.82) is 0 Å². The standard InChI is InChI=1S/C29H32BrF2N3O4S2/c30-19-8-6-18(7-9-19)29(31,32)27(28(36)35-21-10-11-22(35)15-20(33)14-21)34-41(37,38)26-13-17-5-12-24(16-25(17)40-26)39-23-3-1-2-4-23/h5-9,12-13,16,20-23,27,34H,1-4,10-11,14-15,33H2. The van der Waals surface area contributed by atoms with Crippen molar-refractivity contribution in [1.82, 2.24) is 9.62 Å². The Morgan fingerprint density at radius 1 is 1.05 bits per heavy atom. The highest BCUT2D eigenvalue weighted by atomic mass is 79.9. The number of fused-ring (bicyclic) bond motifs is 3. The molecule has 41 heavy (non-hydrogen) atoms. The quantitative estimate of drug-likeness (QED) is 0.311. The van der Waals surface area contributed by atoms with E-state index in [0.717, 1.165) is 37.0 Å². The van der Waals surface area contributed by atoms with Crippen molar-refractivity contribution in [2.24, 2.45) is 5.73 Å². The average molecular weight is 669 g/mol. The van der Waals surface area contributed by atoms with Gasteiger partial charge < -0.3 is 15.4 Å². The van der Waals surface area contributed by atoms with Gasteiger partial charge in [-0.15, -0.1) is 11.3 Å². The fourth-order valence-electron chi connectivity index (χ4n) is 6.45. The molecule has 2 bridgehead atoms. The molecule has 3 fully saturated rings. The molecular weight excluding hydrogens is 636 g/mol. The molecule has 12 heteroatoms. The zero-order chi connectivity index (χ0) is 28.9. The number of nitrogens with one attached hydrogen (secondary N) is 1. The number of hydrogen-bond acceptors (Lipinski definition) is 6. The van der Waals surface area contributed by atoms with E-state index in [1.54, 1.807) is 18.2 Å². The zero-order valence-electron chi connectivity index (χ0n) is 22.3. The minimum Gasteiger partial charge on any atom is -0.490 e. The summed E-state index contributed by atoms with van der Waals surface area (Å²) in [6, 6.07) is 9.08. The Balaban J connectivity index is 1.32. The van der Waals surface area contributed by atoms with E-state index >= 15 is 8.78 Å². The van der Waals surface area contributed by atoms with Crippen molar-refractivity contribution in [2.45, 2.75) is 91.8 Å². The number of rotatable bonds is 8. The largest absolute Gasteiger partial charge is 0.490 e. The van der Waals surface area contributed by atoms with Crippen LogP contribution in [-0.4, -0.2) is 49.5 Å². The van der Waals surface area contributed by atoms with Crippen LogP contribution in [0.1, 0.15) is 56.9 Å². The van der Waals surface area contributed by atoms with Crippen molar-refractivity contribution in [3.63, 3.8) is 0 Å². The van der Waals surface area contributed by atoms with Gasteiger partial charge in [0.2, 0.25) is 5.91 Å². The summed E-state index contributed by atoms with van der Waals surface area (Å²) >= 11 is 4.21. The molecule has 1 aromatic heterocycles. The summed E-state index contributed by atoms with van der Waals surface area (Å²) in [5.41, 5.74) is 5.70. The molecule has 220 valence electrons. The maximum absolute atomic E-state index is 16.2. The van der Waals surface area contributed by atoms with E-state index < -0.39 is 33.5 Å². The summed E-state index contributed by atoms with van der Waals surface area (Å²) in [6.07, 6.45) is 6.69. The third-order valence-corrected chi connectivity index (χ3v) is 12.0. The van der Waals surface area contributed by atoms with E-state index in [1.807, 2.05) is 0 Å². The second-order valence-corrected chi connectivity index (χ2v) is 15.3. The second-order valence-electron chi connectivity index (χ2n) is 11.3. The number of nitrogens with zero attached hydrogens (tertiary/aromatic N) is 1. The van der Waals surface area contributed by atoms with E-state index in [1.165, 1.54) is 35.2 Å². The second kappa shape index (κ2) is 11.2. The SMILES string of the molecule is NC1CC2CCC(C1)N2C(=O)C(NS(=O)(=O)c1cc2ccc(OC3CCCC3)cc2s1)C(F)(F)c1ccc(Br)cc1. The molecule has 2 aliphatic heterocycles. The van der Waals surface area contributed by atoms with Gasteiger partial charge in [-0.05, 0) is 93.2 Å². The van der Waals surface area contributed by atoms with Crippen LogP contribution >= 0.6 is 27.3 Å². The van der Waals surface area contributed by atoms with Crippen LogP contribution in [0.25, 0.3) is 10.1 Å². The highest BCUT2D eigenvalue weighted by Gasteiger charge is 2.53. The molecule has 3 aromatic rings. The lowest BCUT2D eigenvalue weighted by atomic mass is 9.95. The van der Waals surface area contributed by atoms with Crippen LogP contribution in [0.2, 0.25) is 0 Å². The van der Waals surface area contributed by atoms with Crippen molar-refractivity contribution in [3.8, 4) is 5.75 Å². The highest BCUT2D eigenvalue weighted by Crippen LogP contribution is 2.41. The number of sulfonamides is 1. The van der Waals surface area contributed by atoms with Gasteiger partial charge in [0, 0.05) is 32.9 Å². The first-order valence-corrected chi connectivity index (χ1v) is 17.0. The number of piperidine rings is 1. The van der Waals surface area contributed by atoms with Gasteiger partial charge in [-0.25, -0.2) is 8.42 Å². The topological polar surface area (TPSA) is 102 Å². The van der Waals surface area contributed by atoms with Gasteiger partial charge in [0.1, 0.15) is 9.96 Å². The van der Waals surface area contributed by atoms with Crippen LogP contribution < -0.4 is 15.2 Å². The molecule has 3 heterocycles. The van der Waals surface area contributed by atoms with Crippen LogP contribution in [0.4, 0.5) is 8.78 Å². The lowest BCUT2D eigenvalue weighted by Gasteiger charge is -2.40. The molecule has 7 nitrogen and oxygen atoms in total. The highest BCUT2D eigenvalue weighted by molar-refractivity contribution is 9.10. The van der Waals surface area contributed by atoms with Gasteiger partial charge >= 0.3 is 0 Å². The fourth-order valence-corrected chi connectivity index (χ4v) is 9.35. The molecule has 1 saturated carbocycles. The van der Waals surface area contributed by atoms with Crippen LogP contribution in [0.3, 0.4) is 0 Å². The van der Waals surface area contributed by atoms with E-state index in [4.69, 9.17) is 10.5 Å². The minimum absolute atomic E-state index is 0.111. The molecule has 1 amide bonds. The molecule has 3 N–H and O–H groups in total. The summed E-state index contributed by atoms with van der Waals surface area (Å²) in [5, 5.41) is 0.653. The van der Waals surface area contributed by atoms with Gasteiger partial charge in [0.15, 0.2) is 6.04 Å². The molecule has 0 spiro atoms. The van der Waals surface area contributed by atoms with E-state index in [0.29, 0.717) is 46.0 Å². The monoisotopic (exact) mass is 667 g/mol. The van der Waals surface area contributed by atoms with Crippen LogP contribution in [0.5, 0.6) is 5.75 Å². The Kier molecular flexibility index (Phi) is 7.90. The minimum atomic E-state index is -4.50. The number of halogens is 3. The lowest BCUT2D eigenvalue weighted by Crippen LogP contribution is -2.60. The number of nitrogens with two attached hydrogens (primary N) is 1. The number of carbonyl (C=O) groups excluding carboxylic acids is 1. The Morgan fingerprint density at radius 2 is 1.71 bits per heavy atom. The number of amides is 1. The number of thiophene rings is 1. The Labute approximate surface area is 250 Å². The average Bonchev–Trinajstić information content (AvgIpc) is 3.66. The Hall–Kier alpha value is -2.12. The van der Waals surface area contributed by atoms with Crippen molar-refractivity contribution in [3.05, 3.63) is 58.6 Å². The Morgan fingerprint density at radius 3 is 2.37 bits per heavy atom. The van der Waals surface area contributed by atoms with Gasteiger partial charge in [0.05, 0.1) is 6.10 Å². The summed E-state index contributed by atoms with van der Waals surface area (Å²) in [4.78, 5) is 15.4. The first-order valence-electron chi connectivity index (χ1n) is 14.0. The van der Waals surface area contributed by atoms with Gasteiger partial charge in [-0.2, -0.15) is 13.5 Å². The number of carbonyl (C=O) groups is 1. The van der Waals surface area contributed by atoms with E-state index in [2.05, 4.69) is 20.7 Å². The van der Waals surface area contributed by atoms with E-state index in [-0.39, 0.29) is 28.4 Å². The Bertz CT molecular complexity index is 1530. The number of ether oxygens (including phenoxy) is 1. The molecule has 3 aliphatic rings. The molecule has 0 radical (unpaired) electrons. The summed E-state index contributed by atoms with van der Waals surface area (Å²) in [7, 11) is -4.50. The number of hydrogen-bond donors (Lipinski definition) is 2. The third-order valence-electron chi connectivity index (χ3n) is 8.47. The van der Waals surface area contributed by atoms with Crippen molar-refractivity contribution in [2.75, 3.05) is 0 Å². The molecular formula is C29H32BrF2N3O4S2. The first kappa shape index (κ1) is 29.0. The van der Waals surface area contributed by atoms with E-state index in [9.17, 15) is 13.2 Å². The molecule has 6 rings (SSSR count). The van der Waals surface area contributed by atoms with Crippen LogP contribution in [-0.2, 0) is 20.7 Å². The maximum atomic E-state index is 16.2. The normalized spacial score (nSPS) is 24.2. The smallest absolute Gasteiger partial charge is 0.298 e. The van der Waals surface area contributed by atoms with Crippen molar-refractivity contribution >= 4 is 53.3 Å². The predicted octanol–water partition coefficient (Wildman–Crippen LogP) is 5.90. The molecule has 2 saturated heterocycles.